The fourth-order valence-corrected chi connectivity index (χ4v) is 4.23. The maximum Gasteiger partial charge on any atom is 0.254 e. The topological polar surface area (TPSA) is 83.1 Å². The Hall–Kier alpha value is -2.19. The van der Waals surface area contributed by atoms with Crippen LogP contribution < -0.4 is 5.32 Å². The van der Waals surface area contributed by atoms with Crippen molar-refractivity contribution in [2.45, 2.75) is 13.0 Å². The van der Waals surface area contributed by atoms with Gasteiger partial charge in [0.25, 0.3) is 5.91 Å². The van der Waals surface area contributed by atoms with Gasteiger partial charge in [-0.05, 0) is 19.1 Å². The van der Waals surface area contributed by atoms with Crippen LogP contribution >= 0.6 is 23.2 Å². The van der Waals surface area contributed by atoms with Crippen LogP contribution in [0.25, 0.3) is 10.9 Å². The summed E-state index contributed by atoms with van der Waals surface area (Å²) >= 11 is 12.8. The number of ether oxygens (including phenoxy) is 1. The predicted octanol–water partition coefficient (Wildman–Crippen LogP) is 3.38. The van der Waals surface area contributed by atoms with Crippen molar-refractivity contribution >= 4 is 40.0 Å². The molecule has 29 heavy (non-hydrogen) atoms. The zero-order valence-electron chi connectivity index (χ0n) is 15.9. The van der Waals surface area contributed by atoms with E-state index in [1.54, 1.807) is 24.7 Å². The summed E-state index contributed by atoms with van der Waals surface area (Å²) in [4.78, 5) is 26.9. The van der Waals surface area contributed by atoms with E-state index >= 15 is 0 Å². The molecule has 152 valence electrons. The van der Waals surface area contributed by atoms with E-state index in [0.29, 0.717) is 35.6 Å². The number of hydrogen-bond acceptors (Lipinski definition) is 5. The van der Waals surface area contributed by atoms with Gasteiger partial charge in [-0.2, -0.15) is 0 Å². The molecule has 1 saturated heterocycles. The number of morpholine rings is 1. The molecule has 0 spiro atoms. The van der Waals surface area contributed by atoms with Crippen LogP contribution in [0.15, 0.2) is 30.7 Å². The fourth-order valence-electron chi connectivity index (χ4n) is 3.54. The number of benzene rings is 1. The SMILES string of the molecule is Cc1ncc(C(CNC(=O)c2c(Cl)cc3[nH]ccc3c2Cl)N2CCOCC2)cn1. The Morgan fingerprint density at radius 2 is 2.03 bits per heavy atom. The van der Waals surface area contributed by atoms with Crippen LogP contribution in [0.5, 0.6) is 0 Å². The van der Waals surface area contributed by atoms with E-state index < -0.39 is 0 Å². The van der Waals surface area contributed by atoms with Crippen molar-refractivity contribution in [1.82, 2.24) is 25.2 Å². The Morgan fingerprint density at radius 1 is 1.31 bits per heavy atom. The average molecular weight is 434 g/mol. The first-order valence-electron chi connectivity index (χ1n) is 9.38. The summed E-state index contributed by atoms with van der Waals surface area (Å²) in [7, 11) is 0. The third-order valence-electron chi connectivity index (χ3n) is 5.10. The van der Waals surface area contributed by atoms with E-state index in [4.69, 9.17) is 27.9 Å². The van der Waals surface area contributed by atoms with Gasteiger partial charge in [-0.1, -0.05) is 23.2 Å². The molecule has 4 rings (SSSR count). The Labute approximate surface area is 178 Å². The predicted molar refractivity (Wildman–Crippen MR) is 113 cm³/mol. The van der Waals surface area contributed by atoms with Crippen LogP contribution in [0.1, 0.15) is 27.8 Å². The zero-order valence-corrected chi connectivity index (χ0v) is 17.4. The van der Waals surface area contributed by atoms with Crippen molar-refractivity contribution in [3.63, 3.8) is 0 Å². The van der Waals surface area contributed by atoms with E-state index in [1.165, 1.54) is 0 Å². The number of H-pyrrole nitrogens is 1. The van der Waals surface area contributed by atoms with Crippen molar-refractivity contribution in [2.24, 2.45) is 0 Å². The second-order valence-electron chi connectivity index (χ2n) is 6.92. The summed E-state index contributed by atoms with van der Waals surface area (Å²) in [6.07, 6.45) is 5.38. The minimum absolute atomic E-state index is 0.0722. The van der Waals surface area contributed by atoms with Gasteiger partial charge in [-0.3, -0.25) is 9.69 Å². The Kier molecular flexibility index (Phi) is 6.01. The summed E-state index contributed by atoms with van der Waals surface area (Å²) in [6.45, 7) is 5.06. The first kappa shape index (κ1) is 20.1. The number of fused-ring (bicyclic) bond motifs is 1. The zero-order chi connectivity index (χ0) is 20.4. The number of rotatable bonds is 5. The number of aromatic nitrogens is 3. The second-order valence-corrected chi connectivity index (χ2v) is 7.71. The lowest BCUT2D eigenvalue weighted by molar-refractivity contribution is 0.0161. The Balaban J connectivity index is 1.57. The first-order chi connectivity index (χ1) is 14.0. The second kappa shape index (κ2) is 8.67. The number of carbonyl (C=O) groups is 1. The monoisotopic (exact) mass is 433 g/mol. The average Bonchev–Trinajstić information content (AvgIpc) is 3.19. The van der Waals surface area contributed by atoms with E-state index in [0.717, 1.165) is 29.6 Å². The Morgan fingerprint density at radius 3 is 2.76 bits per heavy atom. The molecule has 0 bridgehead atoms. The highest BCUT2D eigenvalue weighted by atomic mass is 35.5. The molecule has 1 unspecified atom stereocenters. The minimum Gasteiger partial charge on any atom is -0.379 e. The molecule has 3 heterocycles. The molecule has 0 radical (unpaired) electrons. The van der Waals surface area contributed by atoms with Crippen molar-refractivity contribution < 1.29 is 9.53 Å². The molecular weight excluding hydrogens is 413 g/mol. The van der Waals surface area contributed by atoms with Crippen molar-refractivity contribution in [3.8, 4) is 0 Å². The van der Waals surface area contributed by atoms with Gasteiger partial charge in [0.05, 0.1) is 34.9 Å². The van der Waals surface area contributed by atoms with Gasteiger partial charge in [-0.25, -0.2) is 9.97 Å². The van der Waals surface area contributed by atoms with Crippen molar-refractivity contribution in [2.75, 3.05) is 32.8 Å². The highest BCUT2D eigenvalue weighted by Gasteiger charge is 2.25. The summed E-state index contributed by atoms with van der Waals surface area (Å²) in [5, 5.41) is 4.40. The van der Waals surface area contributed by atoms with Crippen LogP contribution in [0.3, 0.4) is 0 Å². The summed E-state index contributed by atoms with van der Waals surface area (Å²) < 4.78 is 5.47. The molecule has 1 aliphatic heterocycles. The highest BCUT2D eigenvalue weighted by Crippen LogP contribution is 2.32. The molecule has 2 aromatic heterocycles. The molecule has 0 aliphatic carbocycles. The van der Waals surface area contributed by atoms with E-state index in [2.05, 4.69) is 25.2 Å². The number of aromatic amines is 1. The van der Waals surface area contributed by atoms with Crippen LogP contribution in [-0.2, 0) is 4.74 Å². The van der Waals surface area contributed by atoms with Gasteiger partial charge in [0.15, 0.2) is 0 Å². The van der Waals surface area contributed by atoms with Crippen LogP contribution in [0, 0.1) is 6.92 Å². The van der Waals surface area contributed by atoms with Gasteiger partial charge >= 0.3 is 0 Å². The van der Waals surface area contributed by atoms with Crippen LogP contribution in [-0.4, -0.2) is 58.6 Å². The number of hydrogen-bond donors (Lipinski definition) is 2. The molecule has 1 aliphatic rings. The number of amides is 1. The van der Waals surface area contributed by atoms with Crippen LogP contribution in [0.4, 0.5) is 0 Å². The summed E-state index contributed by atoms with van der Waals surface area (Å²) in [6, 6.07) is 3.47. The fraction of sp³-hybridized carbons (Fsp3) is 0.350. The molecule has 9 heteroatoms. The number of aryl methyl sites for hydroxylation is 1. The van der Waals surface area contributed by atoms with Gasteiger partial charge in [0, 0.05) is 54.7 Å². The minimum atomic E-state index is -0.311. The van der Waals surface area contributed by atoms with E-state index in [9.17, 15) is 4.79 Å². The van der Waals surface area contributed by atoms with Gasteiger partial charge in [0.1, 0.15) is 5.82 Å². The van der Waals surface area contributed by atoms with Crippen LogP contribution in [0.2, 0.25) is 10.0 Å². The molecule has 1 fully saturated rings. The van der Waals surface area contributed by atoms with Crippen molar-refractivity contribution in [3.05, 3.63) is 57.7 Å². The lowest BCUT2D eigenvalue weighted by Gasteiger charge is -2.34. The lowest BCUT2D eigenvalue weighted by atomic mass is 10.1. The number of carbonyl (C=O) groups excluding carboxylic acids is 1. The third-order valence-corrected chi connectivity index (χ3v) is 5.79. The van der Waals surface area contributed by atoms with Gasteiger partial charge in [0.2, 0.25) is 0 Å². The molecular formula is C20H21Cl2N5O2. The molecule has 1 atom stereocenters. The lowest BCUT2D eigenvalue weighted by Crippen LogP contribution is -2.44. The number of nitrogens with one attached hydrogen (secondary N) is 2. The molecule has 0 saturated carbocycles. The smallest absolute Gasteiger partial charge is 0.254 e. The Bertz CT molecular complexity index is 1020. The maximum atomic E-state index is 13.0. The quantitative estimate of drug-likeness (QED) is 0.644. The van der Waals surface area contributed by atoms with Crippen molar-refractivity contribution in [1.29, 1.82) is 0 Å². The van der Waals surface area contributed by atoms with E-state index in [1.807, 2.05) is 13.0 Å². The number of halogens is 2. The first-order valence-corrected chi connectivity index (χ1v) is 10.1. The summed E-state index contributed by atoms with van der Waals surface area (Å²) in [5.74, 6) is 0.395. The third kappa shape index (κ3) is 4.23. The number of nitrogens with zero attached hydrogens (tertiary/aromatic N) is 3. The molecule has 3 aromatic rings. The summed E-state index contributed by atoms with van der Waals surface area (Å²) in [5.41, 5.74) is 2.01. The molecule has 2 N–H and O–H groups in total. The van der Waals surface area contributed by atoms with Gasteiger partial charge in [-0.15, -0.1) is 0 Å². The van der Waals surface area contributed by atoms with E-state index in [-0.39, 0.29) is 17.5 Å². The normalized spacial score (nSPS) is 16.1. The molecule has 1 aromatic carbocycles. The van der Waals surface area contributed by atoms with Gasteiger partial charge < -0.3 is 15.0 Å². The largest absolute Gasteiger partial charge is 0.379 e. The molecule has 1 amide bonds. The standard InChI is InChI=1S/C20H21Cl2N5O2/c1-12-24-9-13(10-25-12)17(27-4-6-29-7-5-27)11-26-20(28)18-15(21)8-16-14(19(18)22)2-3-23-16/h2-3,8-10,17,23H,4-7,11H2,1H3,(H,26,28). The highest BCUT2D eigenvalue weighted by molar-refractivity contribution is 6.43. The molecule has 7 nitrogen and oxygen atoms in total. The maximum absolute atomic E-state index is 13.0.